The predicted molar refractivity (Wildman–Crippen MR) is 79.0 cm³/mol. The highest BCUT2D eigenvalue weighted by Crippen LogP contribution is 2.36. The lowest BCUT2D eigenvalue weighted by Gasteiger charge is -2.42. The Morgan fingerprint density at radius 1 is 1.10 bits per heavy atom. The average molecular weight is 309 g/mol. The highest BCUT2D eigenvalue weighted by Gasteiger charge is 2.56. The van der Waals surface area contributed by atoms with Crippen LogP contribution in [0.2, 0.25) is 0 Å². The summed E-state index contributed by atoms with van der Waals surface area (Å²) >= 11 is 5.68. The number of hydrogen-bond acceptors (Lipinski definition) is 3. The van der Waals surface area contributed by atoms with Gasteiger partial charge in [-0.05, 0) is 12.0 Å². The second-order valence-corrected chi connectivity index (χ2v) is 5.30. The lowest BCUT2D eigenvalue weighted by molar-refractivity contribution is -0.151. The Bertz CT molecular complexity index is 576. The molecule has 21 heavy (non-hydrogen) atoms. The molecule has 0 aromatic heterocycles. The molecular weight excluding hydrogens is 292 g/mol. The number of likely N-dealkylation sites (N-methyl/N-ethyl adjacent to an activating group) is 1. The Hall–Kier alpha value is -1.88. The molecule has 2 rings (SSSR count). The molecule has 1 heterocycles. The summed E-state index contributed by atoms with van der Waals surface area (Å²) in [6, 6.07) is 8.22. The van der Waals surface area contributed by atoms with Crippen molar-refractivity contribution in [2.24, 2.45) is 0 Å². The number of hydrogen-bond donors (Lipinski definition) is 0. The smallest absolute Gasteiger partial charge is 0.273 e. The van der Waals surface area contributed by atoms with E-state index in [1.807, 2.05) is 6.07 Å². The second kappa shape index (κ2) is 5.85. The van der Waals surface area contributed by atoms with Crippen LogP contribution in [0.4, 0.5) is 4.79 Å². The topological polar surface area (TPSA) is 57.7 Å². The molecule has 1 aromatic rings. The predicted octanol–water partition coefficient (Wildman–Crippen LogP) is 1.99. The number of imide groups is 2. The van der Waals surface area contributed by atoms with Crippen molar-refractivity contribution in [3.8, 4) is 0 Å². The number of benzene rings is 1. The van der Waals surface area contributed by atoms with E-state index >= 15 is 0 Å². The molecule has 6 heteroatoms. The van der Waals surface area contributed by atoms with Gasteiger partial charge in [-0.3, -0.25) is 19.4 Å². The number of urea groups is 1. The Morgan fingerprint density at radius 3 is 2.24 bits per heavy atom. The van der Waals surface area contributed by atoms with Crippen molar-refractivity contribution in [1.29, 1.82) is 0 Å². The Kier molecular flexibility index (Phi) is 4.32. The van der Waals surface area contributed by atoms with Crippen molar-refractivity contribution in [1.82, 2.24) is 9.80 Å². The molecule has 0 N–H and O–H groups in total. The van der Waals surface area contributed by atoms with Crippen LogP contribution in [0.25, 0.3) is 0 Å². The van der Waals surface area contributed by atoms with Crippen molar-refractivity contribution in [3.63, 3.8) is 0 Å². The molecule has 0 unspecified atom stereocenters. The van der Waals surface area contributed by atoms with Crippen molar-refractivity contribution in [2.75, 3.05) is 19.5 Å². The maximum absolute atomic E-state index is 12.8. The first-order valence-electron chi connectivity index (χ1n) is 6.76. The molecule has 0 bridgehead atoms. The molecule has 0 aliphatic carbocycles. The molecule has 1 aliphatic rings. The Labute approximate surface area is 128 Å². The van der Waals surface area contributed by atoms with Crippen molar-refractivity contribution < 1.29 is 14.4 Å². The standard InChI is InChI=1S/C15H17ClN2O3/c1-3-15(11-7-5-4-6-8-11)12(19)17(2)14(21)18(10-9-16)13(15)20/h4-8H,3,9-10H2,1-2H3/t15-/m0/s1. The van der Waals surface area contributed by atoms with Crippen LogP contribution >= 0.6 is 11.6 Å². The van der Waals surface area contributed by atoms with Gasteiger partial charge in [0.1, 0.15) is 0 Å². The monoisotopic (exact) mass is 308 g/mol. The van der Waals surface area contributed by atoms with E-state index in [0.29, 0.717) is 5.56 Å². The molecule has 5 nitrogen and oxygen atoms in total. The molecule has 1 aliphatic heterocycles. The van der Waals surface area contributed by atoms with Crippen LogP contribution in [-0.4, -0.2) is 47.1 Å². The molecule has 0 spiro atoms. The number of rotatable bonds is 4. The molecule has 0 saturated carbocycles. The fourth-order valence-corrected chi connectivity index (χ4v) is 2.89. The SMILES string of the molecule is CC[C@]1(c2ccccc2)C(=O)N(C)C(=O)N(CCCl)C1=O. The minimum Gasteiger partial charge on any atom is -0.273 e. The minimum atomic E-state index is -1.35. The van der Waals surface area contributed by atoms with E-state index in [9.17, 15) is 14.4 Å². The van der Waals surface area contributed by atoms with Crippen LogP contribution in [0.15, 0.2) is 30.3 Å². The van der Waals surface area contributed by atoms with Gasteiger partial charge in [0.15, 0.2) is 5.41 Å². The zero-order chi connectivity index (χ0) is 15.6. The van der Waals surface area contributed by atoms with Crippen molar-refractivity contribution in [3.05, 3.63) is 35.9 Å². The largest absolute Gasteiger partial charge is 0.333 e. The molecule has 1 atom stereocenters. The van der Waals surface area contributed by atoms with E-state index in [1.165, 1.54) is 7.05 Å². The van der Waals surface area contributed by atoms with E-state index in [2.05, 4.69) is 0 Å². The third kappa shape index (κ3) is 2.21. The number of carbonyl (C=O) groups excluding carboxylic acids is 3. The molecule has 112 valence electrons. The van der Waals surface area contributed by atoms with Crippen LogP contribution < -0.4 is 0 Å². The van der Waals surface area contributed by atoms with Gasteiger partial charge in [0, 0.05) is 19.5 Å². The van der Waals surface area contributed by atoms with Crippen LogP contribution in [0.5, 0.6) is 0 Å². The molecule has 4 amide bonds. The summed E-state index contributed by atoms with van der Waals surface area (Å²) in [6.07, 6.45) is 0.283. The van der Waals surface area contributed by atoms with Gasteiger partial charge in [0.05, 0.1) is 0 Å². The number of halogens is 1. The summed E-state index contributed by atoms with van der Waals surface area (Å²) in [6.45, 7) is 1.86. The van der Waals surface area contributed by atoms with Crippen LogP contribution in [-0.2, 0) is 15.0 Å². The van der Waals surface area contributed by atoms with Gasteiger partial charge >= 0.3 is 6.03 Å². The lowest BCUT2D eigenvalue weighted by atomic mass is 9.74. The van der Waals surface area contributed by atoms with Crippen LogP contribution in [0.3, 0.4) is 0 Å². The molecule has 1 aromatic carbocycles. The van der Waals surface area contributed by atoms with Gasteiger partial charge in [-0.1, -0.05) is 37.3 Å². The number of alkyl halides is 1. The van der Waals surface area contributed by atoms with Crippen molar-refractivity contribution in [2.45, 2.75) is 18.8 Å². The summed E-state index contributed by atoms with van der Waals surface area (Å²) in [5.74, 6) is -0.851. The van der Waals surface area contributed by atoms with E-state index in [1.54, 1.807) is 31.2 Å². The lowest BCUT2D eigenvalue weighted by Crippen LogP contribution is -2.66. The molecular formula is C15H17ClN2O3. The highest BCUT2D eigenvalue weighted by atomic mass is 35.5. The number of amides is 4. The zero-order valence-electron chi connectivity index (χ0n) is 12.0. The molecule has 0 radical (unpaired) electrons. The zero-order valence-corrected chi connectivity index (χ0v) is 12.8. The Morgan fingerprint density at radius 2 is 1.71 bits per heavy atom. The summed E-state index contributed by atoms with van der Waals surface area (Å²) in [5.41, 5.74) is -0.753. The third-order valence-corrected chi connectivity index (χ3v) is 4.07. The van der Waals surface area contributed by atoms with E-state index < -0.39 is 23.3 Å². The van der Waals surface area contributed by atoms with Gasteiger partial charge in [-0.25, -0.2) is 4.79 Å². The van der Waals surface area contributed by atoms with Crippen molar-refractivity contribution >= 4 is 29.4 Å². The van der Waals surface area contributed by atoms with Crippen LogP contribution in [0.1, 0.15) is 18.9 Å². The number of nitrogens with zero attached hydrogens (tertiary/aromatic N) is 2. The van der Waals surface area contributed by atoms with Gasteiger partial charge < -0.3 is 0 Å². The second-order valence-electron chi connectivity index (χ2n) is 4.92. The first-order valence-corrected chi connectivity index (χ1v) is 7.29. The summed E-state index contributed by atoms with van der Waals surface area (Å²) in [7, 11) is 1.39. The average Bonchev–Trinajstić information content (AvgIpc) is 2.52. The van der Waals surface area contributed by atoms with Gasteiger partial charge in [-0.15, -0.1) is 11.6 Å². The molecule has 1 saturated heterocycles. The van der Waals surface area contributed by atoms with E-state index in [-0.39, 0.29) is 18.8 Å². The first-order chi connectivity index (χ1) is 10.0. The van der Waals surface area contributed by atoms with Crippen LogP contribution in [0, 0.1) is 0 Å². The molecule has 1 fully saturated rings. The van der Waals surface area contributed by atoms with Gasteiger partial charge in [0.25, 0.3) is 11.8 Å². The van der Waals surface area contributed by atoms with Gasteiger partial charge in [0.2, 0.25) is 0 Å². The summed E-state index contributed by atoms with van der Waals surface area (Å²) in [5, 5.41) is 0. The third-order valence-electron chi connectivity index (χ3n) is 3.90. The fourth-order valence-electron chi connectivity index (χ4n) is 2.72. The fraction of sp³-hybridized carbons (Fsp3) is 0.400. The minimum absolute atomic E-state index is 0.0887. The van der Waals surface area contributed by atoms with E-state index in [0.717, 1.165) is 9.80 Å². The quantitative estimate of drug-likeness (QED) is 0.631. The summed E-state index contributed by atoms with van der Waals surface area (Å²) < 4.78 is 0. The maximum Gasteiger partial charge on any atom is 0.333 e. The summed E-state index contributed by atoms with van der Waals surface area (Å²) in [4.78, 5) is 39.7. The van der Waals surface area contributed by atoms with Gasteiger partial charge in [-0.2, -0.15) is 0 Å². The maximum atomic E-state index is 12.8. The normalized spacial score (nSPS) is 22.9. The first kappa shape index (κ1) is 15.5. The number of carbonyl (C=O) groups is 3. The highest BCUT2D eigenvalue weighted by molar-refractivity contribution is 6.23. The Balaban J connectivity index is 2.60. The van der Waals surface area contributed by atoms with E-state index in [4.69, 9.17) is 11.6 Å². The number of barbiturate groups is 1.